The molecular formula is C17H25N3. The third kappa shape index (κ3) is 3.17. The maximum Gasteiger partial charge on any atom is 0.0491 e. The van der Waals surface area contributed by atoms with Gasteiger partial charge in [0.05, 0.1) is 0 Å². The normalized spacial score (nSPS) is 13.0. The van der Waals surface area contributed by atoms with Crippen molar-refractivity contribution in [1.82, 2.24) is 9.88 Å². The predicted octanol–water partition coefficient (Wildman–Crippen LogP) is 3.36. The fourth-order valence-corrected chi connectivity index (χ4v) is 2.88. The van der Waals surface area contributed by atoms with Crippen molar-refractivity contribution in [2.45, 2.75) is 32.7 Å². The number of hydrogen-bond acceptors (Lipinski definition) is 3. The standard InChI is InChI=1S/C17H25N3/c1-3-9-20(10-4-2)17(11-18)16-13-19-12-14-7-5-6-8-15(14)16/h5-8,12-13,17H,3-4,9-11,18H2,1-2H3. The van der Waals surface area contributed by atoms with Gasteiger partial charge in [0.25, 0.3) is 0 Å². The molecule has 1 aromatic carbocycles. The second kappa shape index (κ2) is 7.36. The zero-order valence-electron chi connectivity index (χ0n) is 12.5. The van der Waals surface area contributed by atoms with Crippen molar-refractivity contribution in [3.05, 3.63) is 42.2 Å². The highest BCUT2D eigenvalue weighted by Crippen LogP contribution is 2.27. The van der Waals surface area contributed by atoms with Crippen molar-refractivity contribution in [3.63, 3.8) is 0 Å². The highest BCUT2D eigenvalue weighted by molar-refractivity contribution is 5.85. The van der Waals surface area contributed by atoms with Crippen molar-refractivity contribution in [2.24, 2.45) is 5.73 Å². The van der Waals surface area contributed by atoms with Crippen LogP contribution >= 0.6 is 0 Å². The summed E-state index contributed by atoms with van der Waals surface area (Å²) < 4.78 is 0. The molecule has 20 heavy (non-hydrogen) atoms. The summed E-state index contributed by atoms with van der Waals surface area (Å²) in [7, 11) is 0. The molecule has 108 valence electrons. The minimum atomic E-state index is 0.258. The van der Waals surface area contributed by atoms with Gasteiger partial charge < -0.3 is 5.73 Å². The molecule has 0 amide bonds. The Labute approximate surface area is 121 Å². The molecule has 2 rings (SSSR count). The minimum absolute atomic E-state index is 0.258. The molecular weight excluding hydrogens is 246 g/mol. The van der Waals surface area contributed by atoms with Crippen LogP contribution in [0, 0.1) is 0 Å². The van der Waals surface area contributed by atoms with Gasteiger partial charge in [-0.2, -0.15) is 0 Å². The van der Waals surface area contributed by atoms with Gasteiger partial charge in [-0.05, 0) is 36.9 Å². The van der Waals surface area contributed by atoms with E-state index >= 15 is 0 Å². The molecule has 0 aliphatic carbocycles. The van der Waals surface area contributed by atoms with Crippen LogP contribution in [0.3, 0.4) is 0 Å². The van der Waals surface area contributed by atoms with E-state index in [1.807, 2.05) is 12.4 Å². The molecule has 0 saturated carbocycles. The van der Waals surface area contributed by atoms with Crippen LogP contribution in [0.25, 0.3) is 10.8 Å². The Balaban J connectivity index is 2.42. The summed E-state index contributed by atoms with van der Waals surface area (Å²) in [6.45, 7) is 7.24. The zero-order chi connectivity index (χ0) is 14.4. The van der Waals surface area contributed by atoms with Gasteiger partial charge in [-0.3, -0.25) is 9.88 Å². The number of hydrogen-bond donors (Lipinski definition) is 1. The van der Waals surface area contributed by atoms with Gasteiger partial charge in [0.1, 0.15) is 0 Å². The van der Waals surface area contributed by atoms with Crippen molar-refractivity contribution in [2.75, 3.05) is 19.6 Å². The second-order valence-corrected chi connectivity index (χ2v) is 5.24. The third-order valence-corrected chi connectivity index (χ3v) is 3.74. The van der Waals surface area contributed by atoms with Crippen molar-refractivity contribution in [3.8, 4) is 0 Å². The lowest BCUT2D eigenvalue weighted by Crippen LogP contribution is -2.35. The number of nitrogens with two attached hydrogens (primary N) is 1. The number of fused-ring (bicyclic) bond motifs is 1. The fraction of sp³-hybridized carbons (Fsp3) is 0.471. The van der Waals surface area contributed by atoms with E-state index < -0.39 is 0 Å². The Hall–Kier alpha value is -1.45. The molecule has 0 aliphatic heterocycles. The van der Waals surface area contributed by atoms with Gasteiger partial charge in [-0.25, -0.2) is 0 Å². The predicted molar refractivity (Wildman–Crippen MR) is 85.7 cm³/mol. The maximum absolute atomic E-state index is 6.09. The molecule has 0 saturated heterocycles. The van der Waals surface area contributed by atoms with E-state index in [1.165, 1.54) is 16.3 Å². The number of nitrogens with zero attached hydrogens (tertiary/aromatic N) is 2. The highest BCUT2D eigenvalue weighted by atomic mass is 15.2. The zero-order valence-corrected chi connectivity index (χ0v) is 12.5. The lowest BCUT2D eigenvalue weighted by Gasteiger charge is -2.31. The van der Waals surface area contributed by atoms with Crippen LogP contribution in [0.2, 0.25) is 0 Å². The van der Waals surface area contributed by atoms with Crippen LogP contribution in [0.4, 0.5) is 0 Å². The number of aromatic nitrogens is 1. The highest BCUT2D eigenvalue weighted by Gasteiger charge is 2.19. The van der Waals surface area contributed by atoms with Crippen LogP contribution in [0.1, 0.15) is 38.3 Å². The first-order chi connectivity index (χ1) is 9.81. The number of pyridine rings is 1. The van der Waals surface area contributed by atoms with Gasteiger partial charge >= 0.3 is 0 Å². The monoisotopic (exact) mass is 271 g/mol. The lowest BCUT2D eigenvalue weighted by molar-refractivity contribution is 0.203. The van der Waals surface area contributed by atoms with Crippen molar-refractivity contribution >= 4 is 10.8 Å². The van der Waals surface area contributed by atoms with Gasteiger partial charge in [0.15, 0.2) is 0 Å². The van der Waals surface area contributed by atoms with Crippen LogP contribution in [-0.2, 0) is 0 Å². The molecule has 0 bridgehead atoms. The van der Waals surface area contributed by atoms with E-state index in [-0.39, 0.29) is 6.04 Å². The maximum atomic E-state index is 6.09. The first-order valence-electron chi connectivity index (χ1n) is 7.58. The summed E-state index contributed by atoms with van der Waals surface area (Å²) in [5, 5.41) is 2.46. The van der Waals surface area contributed by atoms with Gasteiger partial charge in [-0.1, -0.05) is 38.1 Å². The van der Waals surface area contributed by atoms with E-state index in [9.17, 15) is 0 Å². The first-order valence-corrected chi connectivity index (χ1v) is 7.58. The molecule has 1 unspecified atom stereocenters. The Morgan fingerprint density at radius 2 is 1.80 bits per heavy atom. The summed E-state index contributed by atoms with van der Waals surface area (Å²) in [6.07, 6.45) is 6.21. The molecule has 3 heteroatoms. The van der Waals surface area contributed by atoms with Crippen molar-refractivity contribution < 1.29 is 0 Å². The minimum Gasteiger partial charge on any atom is -0.329 e. The largest absolute Gasteiger partial charge is 0.329 e. The van der Waals surface area contributed by atoms with E-state index in [0.29, 0.717) is 6.54 Å². The first kappa shape index (κ1) is 14.9. The van der Waals surface area contributed by atoms with E-state index in [2.05, 4.69) is 48.0 Å². The molecule has 2 aromatic rings. The molecule has 0 aliphatic rings. The van der Waals surface area contributed by atoms with Crippen LogP contribution < -0.4 is 5.73 Å². The topological polar surface area (TPSA) is 42.1 Å². The Bertz CT molecular complexity index is 527. The molecule has 0 spiro atoms. The lowest BCUT2D eigenvalue weighted by atomic mass is 10.00. The van der Waals surface area contributed by atoms with E-state index in [4.69, 9.17) is 5.73 Å². The van der Waals surface area contributed by atoms with E-state index in [0.717, 1.165) is 25.9 Å². The molecule has 2 N–H and O–H groups in total. The fourth-order valence-electron chi connectivity index (χ4n) is 2.88. The molecule has 3 nitrogen and oxygen atoms in total. The molecule has 0 fully saturated rings. The molecule has 0 radical (unpaired) electrons. The Morgan fingerprint density at radius 3 is 2.45 bits per heavy atom. The summed E-state index contributed by atoms with van der Waals surface area (Å²) in [5.41, 5.74) is 7.34. The Kier molecular flexibility index (Phi) is 5.50. The Morgan fingerprint density at radius 1 is 1.10 bits per heavy atom. The average molecular weight is 271 g/mol. The quantitative estimate of drug-likeness (QED) is 0.839. The number of rotatable bonds is 7. The molecule has 1 heterocycles. The van der Waals surface area contributed by atoms with Gasteiger partial charge in [-0.15, -0.1) is 0 Å². The smallest absolute Gasteiger partial charge is 0.0491 e. The summed E-state index contributed by atoms with van der Waals surface area (Å²) in [6, 6.07) is 8.69. The number of benzene rings is 1. The van der Waals surface area contributed by atoms with Gasteiger partial charge in [0, 0.05) is 30.4 Å². The summed E-state index contributed by atoms with van der Waals surface area (Å²) in [5.74, 6) is 0. The molecule has 1 atom stereocenters. The van der Waals surface area contributed by atoms with Gasteiger partial charge in [0.2, 0.25) is 0 Å². The second-order valence-electron chi connectivity index (χ2n) is 5.24. The van der Waals surface area contributed by atoms with E-state index in [1.54, 1.807) is 0 Å². The molecule has 1 aromatic heterocycles. The summed E-state index contributed by atoms with van der Waals surface area (Å²) >= 11 is 0. The van der Waals surface area contributed by atoms with Crippen LogP contribution in [-0.4, -0.2) is 29.5 Å². The van der Waals surface area contributed by atoms with Crippen LogP contribution in [0.5, 0.6) is 0 Å². The average Bonchev–Trinajstić information content (AvgIpc) is 2.49. The van der Waals surface area contributed by atoms with Crippen LogP contribution in [0.15, 0.2) is 36.7 Å². The van der Waals surface area contributed by atoms with Crippen molar-refractivity contribution in [1.29, 1.82) is 0 Å². The SMILES string of the molecule is CCCN(CCC)C(CN)c1cncc2ccccc12. The summed E-state index contributed by atoms with van der Waals surface area (Å²) in [4.78, 5) is 6.89. The third-order valence-electron chi connectivity index (χ3n) is 3.74.